The molecule has 1 aromatic heterocycles. The van der Waals surface area contributed by atoms with Crippen LogP contribution in [0.15, 0.2) is 67.1 Å². The van der Waals surface area contributed by atoms with Crippen molar-refractivity contribution < 1.29 is 32.2 Å². The average Bonchev–Trinajstić information content (AvgIpc) is 3.14. The van der Waals surface area contributed by atoms with Crippen molar-refractivity contribution in [3.05, 3.63) is 83.9 Å². The zero-order chi connectivity index (χ0) is 29.7. The second-order valence-electron chi connectivity index (χ2n) is 10.5. The number of aryl methyl sites for hydroxylation is 1. The van der Waals surface area contributed by atoms with Crippen LogP contribution >= 0.6 is 0 Å². The Balaban J connectivity index is 1.53. The molecule has 2 fully saturated rings. The summed E-state index contributed by atoms with van der Waals surface area (Å²) in [6, 6.07) is 14.0. The molecule has 3 atom stereocenters. The van der Waals surface area contributed by atoms with E-state index in [0.717, 1.165) is 18.4 Å². The van der Waals surface area contributed by atoms with Crippen LogP contribution in [0, 0.1) is 6.92 Å². The van der Waals surface area contributed by atoms with Crippen LogP contribution < -0.4 is 10.5 Å². The van der Waals surface area contributed by atoms with E-state index in [4.69, 9.17) is 19.9 Å². The number of rotatable bonds is 8. The smallest absolute Gasteiger partial charge is 0.274 e. The molecule has 3 unspecified atom stereocenters. The second kappa shape index (κ2) is 12.6. The fourth-order valence-electron chi connectivity index (χ4n) is 5.45. The molecule has 42 heavy (non-hydrogen) atoms. The Kier molecular flexibility index (Phi) is 8.85. The summed E-state index contributed by atoms with van der Waals surface area (Å²) in [6.07, 6.45) is 3.83. The topological polar surface area (TPSA) is 151 Å². The number of carbonyl (C=O) groups excluding carboxylic acids is 2. The lowest BCUT2D eigenvalue weighted by Gasteiger charge is -2.40. The normalized spacial score (nSPS) is 23.0. The van der Waals surface area contributed by atoms with Crippen LogP contribution in [0.5, 0.6) is 11.5 Å². The van der Waals surface area contributed by atoms with Crippen molar-refractivity contribution in [2.75, 3.05) is 25.4 Å². The number of ether oxygens (including phenoxy) is 3. The van der Waals surface area contributed by atoms with Gasteiger partial charge in [0.1, 0.15) is 21.9 Å². The van der Waals surface area contributed by atoms with Gasteiger partial charge in [-0.15, -0.1) is 0 Å². The molecule has 12 heteroatoms. The number of amides is 2. The zero-order valence-corrected chi connectivity index (χ0v) is 24.2. The highest BCUT2D eigenvalue weighted by Crippen LogP contribution is 2.43. The Morgan fingerprint density at radius 2 is 1.76 bits per heavy atom. The molecule has 2 N–H and O–H groups in total. The van der Waals surface area contributed by atoms with Crippen LogP contribution in [0.3, 0.4) is 0 Å². The predicted octanol–water partition coefficient (Wildman–Crippen LogP) is 3.13. The fraction of sp³-hybridized carbons (Fsp3) is 0.400. The molecule has 222 valence electrons. The first-order valence-electron chi connectivity index (χ1n) is 13.9. The van der Waals surface area contributed by atoms with Gasteiger partial charge in [0.2, 0.25) is 5.91 Å². The quantitative estimate of drug-likeness (QED) is 0.415. The summed E-state index contributed by atoms with van der Waals surface area (Å²) in [7, 11) is -4.15. The number of nitrogens with two attached hydrogens (primary N) is 1. The molecule has 0 bridgehead atoms. The average molecular weight is 595 g/mol. The Bertz CT molecular complexity index is 1490. The van der Waals surface area contributed by atoms with Gasteiger partial charge >= 0.3 is 0 Å². The van der Waals surface area contributed by atoms with Crippen molar-refractivity contribution in [1.82, 2.24) is 14.9 Å². The Morgan fingerprint density at radius 3 is 2.38 bits per heavy atom. The van der Waals surface area contributed by atoms with E-state index in [2.05, 4.69) is 9.97 Å². The molecule has 0 spiro atoms. The summed E-state index contributed by atoms with van der Waals surface area (Å²) in [5.41, 5.74) is 7.40. The summed E-state index contributed by atoms with van der Waals surface area (Å²) in [4.78, 5) is 35.8. The number of hydrogen-bond acceptors (Lipinski definition) is 9. The molecule has 5 rings (SSSR count). The van der Waals surface area contributed by atoms with Crippen molar-refractivity contribution in [2.45, 2.75) is 49.7 Å². The Morgan fingerprint density at radius 1 is 1.05 bits per heavy atom. The third-order valence-corrected chi connectivity index (χ3v) is 10.2. The molecule has 0 radical (unpaired) electrons. The number of hydrogen-bond donors (Lipinski definition) is 1. The molecule has 3 aromatic rings. The molecule has 0 saturated carbocycles. The van der Waals surface area contributed by atoms with Gasteiger partial charge in [0.15, 0.2) is 22.2 Å². The van der Waals surface area contributed by atoms with Gasteiger partial charge in [-0.2, -0.15) is 0 Å². The van der Waals surface area contributed by atoms with Crippen LogP contribution in [0.1, 0.15) is 47.3 Å². The maximum atomic E-state index is 14.3. The van der Waals surface area contributed by atoms with Crippen LogP contribution in [0.4, 0.5) is 0 Å². The third-order valence-electron chi connectivity index (χ3n) is 7.71. The highest BCUT2D eigenvalue weighted by Gasteiger charge is 2.56. The standard InChI is InChI=1S/C30H34N4O7S/c1-21-5-9-23(10-6-21)40-24-11-7-22(8-12-24)30(27(28(31)35)41-26-4-2-3-18-39-26)13-16-34(17-19-42(30,37)38)29(36)25-20-32-14-15-33-25/h5-12,14-15,20,26-27H,2-4,13,16-19H2,1H3,(H2,31,35). The predicted molar refractivity (Wildman–Crippen MR) is 153 cm³/mol. The van der Waals surface area contributed by atoms with Gasteiger partial charge in [0.25, 0.3) is 5.91 Å². The maximum Gasteiger partial charge on any atom is 0.274 e. The SMILES string of the molecule is Cc1ccc(Oc2ccc(C3(C(OC4CCCCO4)C(N)=O)CCN(C(=O)c4cnccn4)CCS3(=O)=O)cc2)cc1. The van der Waals surface area contributed by atoms with Gasteiger partial charge in [0.05, 0.1) is 11.9 Å². The number of nitrogens with zero attached hydrogens (tertiary/aromatic N) is 3. The largest absolute Gasteiger partial charge is 0.457 e. The van der Waals surface area contributed by atoms with Crippen molar-refractivity contribution in [1.29, 1.82) is 0 Å². The van der Waals surface area contributed by atoms with Crippen LogP contribution in [0.25, 0.3) is 0 Å². The van der Waals surface area contributed by atoms with Gasteiger partial charge in [-0.25, -0.2) is 13.4 Å². The molecular formula is C30H34N4O7S. The minimum absolute atomic E-state index is 0.00885. The number of carbonyl (C=O) groups is 2. The Labute approximate surface area is 244 Å². The van der Waals surface area contributed by atoms with Crippen LogP contribution in [-0.4, -0.2) is 72.9 Å². The van der Waals surface area contributed by atoms with E-state index in [1.807, 2.05) is 31.2 Å². The van der Waals surface area contributed by atoms with Crippen molar-refractivity contribution >= 4 is 21.7 Å². The summed E-state index contributed by atoms with van der Waals surface area (Å²) >= 11 is 0. The summed E-state index contributed by atoms with van der Waals surface area (Å²) in [6.45, 7) is 2.32. The highest BCUT2D eigenvalue weighted by atomic mass is 32.2. The molecular weight excluding hydrogens is 560 g/mol. The highest BCUT2D eigenvalue weighted by molar-refractivity contribution is 7.92. The molecule has 0 aliphatic carbocycles. The molecule has 2 aliphatic heterocycles. The zero-order valence-electron chi connectivity index (χ0n) is 23.3. The first kappa shape index (κ1) is 29.6. The summed E-state index contributed by atoms with van der Waals surface area (Å²) in [5.74, 6) is -0.699. The van der Waals surface area contributed by atoms with E-state index in [9.17, 15) is 18.0 Å². The van der Waals surface area contributed by atoms with E-state index >= 15 is 0 Å². The molecule has 3 heterocycles. The van der Waals surface area contributed by atoms with Crippen molar-refractivity contribution in [2.24, 2.45) is 5.73 Å². The van der Waals surface area contributed by atoms with E-state index in [-0.39, 0.29) is 25.2 Å². The number of benzene rings is 2. The van der Waals surface area contributed by atoms with Gasteiger partial charge in [-0.1, -0.05) is 29.8 Å². The molecule has 11 nitrogen and oxygen atoms in total. The van der Waals surface area contributed by atoms with E-state index in [0.29, 0.717) is 30.1 Å². The first-order valence-corrected chi connectivity index (χ1v) is 15.5. The van der Waals surface area contributed by atoms with E-state index < -0.39 is 44.5 Å². The van der Waals surface area contributed by atoms with Gasteiger partial charge in [-0.3, -0.25) is 14.6 Å². The van der Waals surface area contributed by atoms with Crippen LogP contribution in [-0.2, 0) is 28.9 Å². The van der Waals surface area contributed by atoms with E-state index in [1.165, 1.54) is 23.5 Å². The van der Waals surface area contributed by atoms with Crippen molar-refractivity contribution in [3.63, 3.8) is 0 Å². The van der Waals surface area contributed by atoms with Gasteiger partial charge in [0, 0.05) is 32.1 Å². The lowest BCUT2D eigenvalue weighted by atomic mass is 9.87. The molecule has 2 aliphatic rings. The lowest BCUT2D eigenvalue weighted by molar-refractivity contribution is -0.198. The number of primary amides is 1. The van der Waals surface area contributed by atoms with Gasteiger partial charge < -0.3 is 24.8 Å². The number of aromatic nitrogens is 2. The lowest BCUT2D eigenvalue weighted by Crippen LogP contribution is -2.56. The maximum absolute atomic E-state index is 14.3. The molecule has 2 saturated heterocycles. The minimum Gasteiger partial charge on any atom is -0.457 e. The van der Waals surface area contributed by atoms with Gasteiger partial charge in [-0.05, 0) is 62.4 Å². The fourth-order valence-corrected chi connectivity index (χ4v) is 7.67. The third kappa shape index (κ3) is 6.15. The Hall–Kier alpha value is -3.87. The molecule has 2 aromatic carbocycles. The van der Waals surface area contributed by atoms with Crippen LogP contribution in [0.2, 0.25) is 0 Å². The minimum atomic E-state index is -4.15. The molecule has 2 amide bonds. The van der Waals surface area contributed by atoms with E-state index in [1.54, 1.807) is 24.3 Å². The van der Waals surface area contributed by atoms with Crippen molar-refractivity contribution in [3.8, 4) is 11.5 Å². The summed E-state index contributed by atoms with van der Waals surface area (Å²) in [5, 5.41) is 0. The summed E-state index contributed by atoms with van der Waals surface area (Å²) < 4.78 is 44.5. The monoisotopic (exact) mass is 594 g/mol. The first-order chi connectivity index (χ1) is 20.2. The number of sulfone groups is 1. The second-order valence-corrected chi connectivity index (χ2v) is 12.9.